The number of furan rings is 1. The maximum absolute atomic E-state index is 11.3. The second kappa shape index (κ2) is 5.25. The molecule has 2 unspecified atom stereocenters. The lowest BCUT2D eigenvalue weighted by Crippen LogP contribution is -2.29. The summed E-state index contributed by atoms with van der Waals surface area (Å²) in [4.78, 5) is 21.6. The lowest BCUT2D eigenvalue weighted by molar-refractivity contribution is -0.137. The average molecular weight is 251 g/mol. The molecule has 0 aromatic carbocycles. The van der Waals surface area contributed by atoms with E-state index in [-0.39, 0.29) is 18.9 Å². The first kappa shape index (κ1) is 12.7. The quantitative estimate of drug-likeness (QED) is 0.803. The van der Waals surface area contributed by atoms with Crippen molar-refractivity contribution in [2.75, 3.05) is 6.54 Å². The second-order valence-corrected chi connectivity index (χ2v) is 4.79. The van der Waals surface area contributed by atoms with Crippen LogP contribution < -0.4 is 5.32 Å². The summed E-state index contributed by atoms with van der Waals surface area (Å²) in [5.41, 5.74) is 0. The van der Waals surface area contributed by atoms with Crippen LogP contribution in [0.25, 0.3) is 0 Å². The van der Waals surface area contributed by atoms with Gasteiger partial charge >= 0.3 is 5.97 Å². The van der Waals surface area contributed by atoms with E-state index in [2.05, 4.69) is 12.2 Å². The summed E-state index contributed by atoms with van der Waals surface area (Å²) in [5.74, 6) is 1.72. The maximum Gasteiger partial charge on any atom is 0.322 e. The van der Waals surface area contributed by atoms with Gasteiger partial charge in [-0.25, -0.2) is 0 Å². The van der Waals surface area contributed by atoms with Crippen molar-refractivity contribution >= 4 is 11.9 Å². The highest BCUT2D eigenvalue weighted by Crippen LogP contribution is 2.47. The Morgan fingerprint density at radius 2 is 2.22 bits per heavy atom. The van der Waals surface area contributed by atoms with Crippen LogP contribution in [-0.4, -0.2) is 23.5 Å². The lowest BCUT2D eigenvalue weighted by atomic mass is 10.2. The van der Waals surface area contributed by atoms with Crippen LogP contribution in [0.3, 0.4) is 0 Å². The standard InChI is InChI=1S/C13H17NO4/c1-8-6-10(8)11-4-2-9(18-11)3-5-12(15)14-7-13(16)17/h2,4,8,10H,3,5-7H2,1H3,(H,14,15)(H,16,17). The van der Waals surface area contributed by atoms with E-state index in [0.717, 1.165) is 11.5 Å². The average Bonchev–Trinajstić information content (AvgIpc) is 2.88. The van der Waals surface area contributed by atoms with E-state index in [4.69, 9.17) is 9.52 Å². The van der Waals surface area contributed by atoms with Gasteiger partial charge in [-0.05, 0) is 24.5 Å². The molecule has 98 valence electrons. The molecule has 1 amide bonds. The molecule has 1 fully saturated rings. The summed E-state index contributed by atoms with van der Waals surface area (Å²) in [5, 5.41) is 10.7. The zero-order chi connectivity index (χ0) is 13.1. The van der Waals surface area contributed by atoms with Crippen molar-refractivity contribution in [3.8, 4) is 0 Å². The first-order chi connectivity index (χ1) is 8.56. The predicted octanol–water partition coefficient (Wildman–Crippen LogP) is 1.54. The topological polar surface area (TPSA) is 79.5 Å². The van der Waals surface area contributed by atoms with Gasteiger partial charge in [0.15, 0.2) is 0 Å². The highest BCUT2D eigenvalue weighted by Gasteiger charge is 2.36. The van der Waals surface area contributed by atoms with Crippen LogP contribution in [0.15, 0.2) is 16.5 Å². The molecule has 0 bridgehead atoms. The monoisotopic (exact) mass is 251 g/mol. The van der Waals surface area contributed by atoms with E-state index in [9.17, 15) is 9.59 Å². The highest BCUT2D eigenvalue weighted by molar-refractivity contribution is 5.81. The third kappa shape index (κ3) is 3.35. The lowest BCUT2D eigenvalue weighted by Gasteiger charge is -2.00. The molecule has 2 rings (SSSR count). The molecule has 1 heterocycles. The first-order valence-corrected chi connectivity index (χ1v) is 6.13. The van der Waals surface area contributed by atoms with Gasteiger partial charge in [-0.2, -0.15) is 0 Å². The largest absolute Gasteiger partial charge is 0.480 e. The zero-order valence-electron chi connectivity index (χ0n) is 10.3. The van der Waals surface area contributed by atoms with Gasteiger partial charge in [0.2, 0.25) is 5.91 Å². The normalized spacial score (nSPS) is 21.6. The summed E-state index contributed by atoms with van der Waals surface area (Å²) in [7, 11) is 0. The number of hydrogen-bond donors (Lipinski definition) is 2. The van der Waals surface area contributed by atoms with Crippen molar-refractivity contribution in [2.24, 2.45) is 5.92 Å². The van der Waals surface area contributed by atoms with Gasteiger partial charge in [0.1, 0.15) is 18.1 Å². The Hall–Kier alpha value is -1.78. The Morgan fingerprint density at radius 1 is 1.50 bits per heavy atom. The SMILES string of the molecule is CC1CC1c1ccc(CCC(=O)NCC(=O)O)o1. The Labute approximate surface area is 105 Å². The summed E-state index contributed by atoms with van der Waals surface area (Å²) >= 11 is 0. The van der Waals surface area contributed by atoms with Crippen LogP contribution in [0, 0.1) is 5.92 Å². The van der Waals surface area contributed by atoms with Crippen LogP contribution in [0.5, 0.6) is 0 Å². The molecule has 1 aliphatic carbocycles. The Morgan fingerprint density at radius 3 is 2.83 bits per heavy atom. The van der Waals surface area contributed by atoms with Crippen LogP contribution >= 0.6 is 0 Å². The van der Waals surface area contributed by atoms with E-state index < -0.39 is 5.97 Å². The first-order valence-electron chi connectivity index (χ1n) is 6.13. The molecule has 5 heteroatoms. The maximum atomic E-state index is 11.3. The number of carbonyl (C=O) groups is 2. The smallest absolute Gasteiger partial charge is 0.322 e. The third-order valence-electron chi connectivity index (χ3n) is 3.19. The number of amides is 1. The summed E-state index contributed by atoms with van der Waals surface area (Å²) in [6, 6.07) is 3.86. The van der Waals surface area contributed by atoms with E-state index in [1.807, 2.05) is 12.1 Å². The predicted molar refractivity (Wildman–Crippen MR) is 64.2 cm³/mol. The van der Waals surface area contributed by atoms with E-state index in [0.29, 0.717) is 18.3 Å². The number of rotatable bonds is 6. The van der Waals surface area contributed by atoms with Crippen LogP contribution in [0.1, 0.15) is 37.2 Å². The number of hydrogen-bond acceptors (Lipinski definition) is 3. The minimum absolute atomic E-state index is 0.250. The fourth-order valence-corrected chi connectivity index (χ4v) is 1.95. The number of nitrogens with one attached hydrogen (secondary N) is 1. The second-order valence-electron chi connectivity index (χ2n) is 4.79. The fourth-order valence-electron chi connectivity index (χ4n) is 1.95. The molecule has 2 atom stereocenters. The summed E-state index contributed by atoms with van der Waals surface area (Å²) < 4.78 is 5.66. The molecule has 5 nitrogen and oxygen atoms in total. The van der Waals surface area contributed by atoms with Gasteiger partial charge in [-0.1, -0.05) is 6.92 Å². The van der Waals surface area contributed by atoms with Gasteiger partial charge in [-0.3, -0.25) is 9.59 Å². The van der Waals surface area contributed by atoms with Crippen molar-refractivity contribution in [1.82, 2.24) is 5.32 Å². The molecular formula is C13H17NO4. The van der Waals surface area contributed by atoms with Crippen LogP contribution in [-0.2, 0) is 16.0 Å². The summed E-state index contributed by atoms with van der Waals surface area (Å²) in [6.45, 7) is 1.86. The number of carboxylic acids is 1. The van der Waals surface area contributed by atoms with Crippen molar-refractivity contribution in [2.45, 2.75) is 32.1 Å². The number of carboxylic acid groups (broad SMARTS) is 1. The molecule has 18 heavy (non-hydrogen) atoms. The van der Waals surface area contributed by atoms with Crippen molar-refractivity contribution in [3.63, 3.8) is 0 Å². The van der Waals surface area contributed by atoms with Crippen LogP contribution in [0.2, 0.25) is 0 Å². The van der Waals surface area contributed by atoms with Gasteiger partial charge in [0.05, 0.1) is 0 Å². The molecular weight excluding hydrogens is 234 g/mol. The Kier molecular flexibility index (Phi) is 3.69. The molecule has 0 saturated heterocycles. The summed E-state index contributed by atoms with van der Waals surface area (Å²) in [6.07, 6.45) is 1.93. The molecule has 1 aromatic heterocycles. The van der Waals surface area contributed by atoms with Gasteiger partial charge < -0.3 is 14.8 Å². The van der Waals surface area contributed by atoms with Gasteiger partial charge in [0, 0.05) is 18.8 Å². The number of aliphatic carboxylic acids is 1. The minimum atomic E-state index is -1.04. The van der Waals surface area contributed by atoms with E-state index in [1.54, 1.807) is 0 Å². The number of aryl methyl sites for hydroxylation is 1. The van der Waals surface area contributed by atoms with Crippen molar-refractivity contribution in [3.05, 3.63) is 23.7 Å². The number of carbonyl (C=O) groups excluding carboxylic acids is 1. The van der Waals surface area contributed by atoms with Gasteiger partial charge in [-0.15, -0.1) is 0 Å². The minimum Gasteiger partial charge on any atom is -0.480 e. The van der Waals surface area contributed by atoms with Crippen molar-refractivity contribution < 1.29 is 19.1 Å². The molecule has 1 aliphatic rings. The molecule has 0 spiro atoms. The zero-order valence-corrected chi connectivity index (χ0v) is 10.3. The Bertz CT molecular complexity index is 452. The van der Waals surface area contributed by atoms with Crippen molar-refractivity contribution in [1.29, 1.82) is 0 Å². The molecule has 2 N–H and O–H groups in total. The Balaban J connectivity index is 1.74. The van der Waals surface area contributed by atoms with Gasteiger partial charge in [0.25, 0.3) is 0 Å². The molecule has 1 saturated carbocycles. The molecule has 0 aliphatic heterocycles. The molecule has 0 radical (unpaired) electrons. The fraction of sp³-hybridized carbons (Fsp3) is 0.538. The molecule has 1 aromatic rings. The van der Waals surface area contributed by atoms with E-state index in [1.165, 1.54) is 6.42 Å². The third-order valence-corrected chi connectivity index (χ3v) is 3.19. The van der Waals surface area contributed by atoms with Crippen LogP contribution in [0.4, 0.5) is 0 Å². The highest BCUT2D eigenvalue weighted by atomic mass is 16.4. The van der Waals surface area contributed by atoms with E-state index >= 15 is 0 Å².